The largest absolute Gasteiger partial charge is 0.490 e. The Bertz CT molecular complexity index is 1340. The molecule has 0 bridgehead atoms. The number of benzene rings is 3. The normalized spacial score (nSPS) is 10.4. The molecule has 1 amide bonds. The molecule has 11 heteroatoms. The quantitative estimate of drug-likeness (QED) is 0.123. The van der Waals surface area contributed by atoms with E-state index in [-0.39, 0.29) is 31.0 Å². The van der Waals surface area contributed by atoms with Crippen LogP contribution in [0.2, 0.25) is 5.02 Å². The summed E-state index contributed by atoms with van der Waals surface area (Å²) >= 11 is 6.17. The van der Waals surface area contributed by atoms with Crippen molar-refractivity contribution in [2.45, 2.75) is 19.9 Å². The Morgan fingerprint density at radius 2 is 1.84 bits per heavy atom. The van der Waals surface area contributed by atoms with Gasteiger partial charge in [0.05, 0.1) is 18.6 Å². The van der Waals surface area contributed by atoms with Crippen LogP contribution in [0, 0.1) is 5.41 Å². The Kier molecular flexibility index (Phi) is 9.66. The fourth-order valence-corrected chi connectivity index (χ4v) is 3.83. The highest BCUT2D eigenvalue weighted by atomic mass is 35.5. The number of carboxylic acids is 1. The molecule has 0 aliphatic carbocycles. The summed E-state index contributed by atoms with van der Waals surface area (Å²) in [7, 11) is 0. The molecule has 38 heavy (non-hydrogen) atoms. The van der Waals surface area contributed by atoms with Gasteiger partial charge in [-0.15, -0.1) is 0 Å². The summed E-state index contributed by atoms with van der Waals surface area (Å²) in [6, 6.07) is 14.5. The number of aldehydes is 1. The maximum atomic E-state index is 13.1. The lowest BCUT2D eigenvalue weighted by Gasteiger charge is -2.18. The number of carbonyl (C=O) groups excluding carboxylic acids is 2. The van der Waals surface area contributed by atoms with Crippen molar-refractivity contribution in [3.05, 3.63) is 81.9 Å². The lowest BCUT2D eigenvalue weighted by molar-refractivity contribution is -0.136. The van der Waals surface area contributed by atoms with Crippen LogP contribution in [0.15, 0.2) is 54.6 Å². The Labute approximate surface area is 224 Å². The van der Waals surface area contributed by atoms with E-state index in [1.807, 2.05) is 0 Å². The van der Waals surface area contributed by atoms with Gasteiger partial charge in [-0.2, -0.15) is 0 Å². The molecule has 10 nitrogen and oxygen atoms in total. The monoisotopic (exact) mass is 538 g/mol. The summed E-state index contributed by atoms with van der Waals surface area (Å²) in [4.78, 5) is 35.4. The number of nitrogen functional groups attached to an aromatic ring is 1. The summed E-state index contributed by atoms with van der Waals surface area (Å²) in [5.41, 5.74) is 8.24. The zero-order chi connectivity index (χ0) is 27.7. The number of carboxylic acid groups (broad SMARTS) is 1. The summed E-state index contributed by atoms with van der Waals surface area (Å²) in [5.74, 6) is -0.918. The second kappa shape index (κ2) is 13.1. The van der Waals surface area contributed by atoms with E-state index in [0.717, 1.165) is 0 Å². The van der Waals surface area contributed by atoms with Gasteiger partial charge in [-0.05, 0) is 67.1 Å². The number of rotatable bonds is 13. The van der Waals surface area contributed by atoms with Gasteiger partial charge in [0, 0.05) is 34.1 Å². The molecule has 0 saturated heterocycles. The number of aliphatic carboxylic acids is 1. The molecule has 198 valence electrons. The van der Waals surface area contributed by atoms with Gasteiger partial charge in [0.15, 0.2) is 17.8 Å². The van der Waals surface area contributed by atoms with Crippen molar-refractivity contribution in [3.8, 4) is 11.5 Å². The van der Waals surface area contributed by atoms with Crippen molar-refractivity contribution < 1.29 is 29.0 Å². The number of carbonyl (C=O) groups is 3. The van der Waals surface area contributed by atoms with Gasteiger partial charge < -0.3 is 30.9 Å². The van der Waals surface area contributed by atoms with Gasteiger partial charge in [-0.1, -0.05) is 11.6 Å². The highest BCUT2D eigenvalue weighted by molar-refractivity contribution is 6.31. The molecule has 0 unspecified atom stereocenters. The van der Waals surface area contributed by atoms with Crippen LogP contribution in [0.1, 0.15) is 34.0 Å². The third-order valence-electron chi connectivity index (χ3n) is 5.29. The highest BCUT2D eigenvalue weighted by Crippen LogP contribution is 2.34. The maximum Gasteiger partial charge on any atom is 0.307 e. The van der Waals surface area contributed by atoms with Gasteiger partial charge in [-0.25, -0.2) is 0 Å². The number of nitrogens with two attached hydrogens (primary N) is 1. The van der Waals surface area contributed by atoms with Gasteiger partial charge >= 0.3 is 5.97 Å². The minimum absolute atomic E-state index is 0.0828. The van der Waals surface area contributed by atoms with E-state index in [1.54, 1.807) is 55.5 Å². The van der Waals surface area contributed by atoms with E-state index < -0.39 is 11.9 Å². The fourth-order valence-electron chi connectivity index (χ4n) is 3.66. The van der Waals surface area contributed by atoms with E-state index in [4.69, 9.17) is 32.2 Å². The van der Waals surface area contributed by atoms with Crippen molar-refractivity contribution >= 4 is 47.0 Å². The van der Waals surface area contributed by atoms with E-state index >= 15 is 0 Å². The molecule has 0 fully saturated rings. The first-order valence-corrected chi connectivity index (χ1v) is 12.0. The molecule has 0 aromatic heterocycles. The van der Waals surface area contributed by atoms with Crippen LogP contribution in [0.4, 0.5) is 11.4 Å². The summed E-state index contributed by atoms with van der Waals surface area (Å²) in [6.07, 6.45) is 0.362. The van der Waals surface area contributed by atoms with Gasteiger partial charge in [0.1, 0.15) is 12.4 Å². The number of nitrogens with one attached hydrogen (secondary N) is 3. The molecule has 0 aliphatic rings. The smallest absolute Gasteiger partial charge is 0.307 e. The van der Waals surface area contributed by atoms with Crippen molar-refractivity contribution in [2.75, 3.05) is 23.8 Å². The summed E-state index contributed by atoms with van der Waals surface area (Å²) in [6.45, 7) is 1.98. The third-order valence-corrected chi connectivity index (χ3v) is 5.53. The van der Waals surface area contributed by atoms with Crippen LogP contribution in [-0.4, -0.2) is 42.3 Å². The number of halogens is 1. The maximum absolute atomic E-state index is 13.1. The van der Waals surface area contributed by atoms with Crippen molar-refractivity contribution in [2.24, 2.45) is 5.73 Å². The first kappa shape index (κ1) is 28.0. The highest BCUT2D eigenvalue weighted by Gasteiger charge is 2.18. The van der Waals surface area contributed by atoms with Crippen LogP contribution in [0.25, 0.3) is 0 Å². The lowest BCUT2D eigenvalue weighted by Crippen LogP contribution is -2.16. The number of amidine groups is 1. The predicted octanol–water partition coefficient (Wildman–Crippen LogP) is 4.09. The van der Waals surface area contributed by atoms with Gasteiger partial charge in [0.25, 0.3) is 5.91 Å². The second-order valence-electron chi connectivity index (χ2n) is 8.05. The Balaban J connectivity index is 1.90. The molecule has 6 N–H and O–H groups in total. The SMILES string of the molecule is CCOc1cc(CC(=O)O)cc(CNc2ccc(Cl)cc2C(=O)Nc2ccc(C(=N)N)cc2)c1OCC=O. The van der Waals surface area contributed by atoms with Gasteiger partial charge in [0.2, 0.25) is 0 Å². The Hall–Kier alpha value is -4.57. The standard InChI is InChI=1S/C27H27ClN4O6/c1-2-37-23-12-16(13-24(34)35)11-18(25(23)38-10-9-33)15-31-22-8-5-19(28)14-21(22)27(36)32-20-6-3-17(4-7-20)26(29)30/h3-9,11-12,14,31H,2,10,13,15H2,1H3,(H3,29,30)(H,32,36)(H,34,35). The zero-order valence-electron chi connectivity index (χ0n) is 20.5. The first-order chi connectivity index (χ1) is 18.2. The van der Waals surface area contributed by atoms with E-state index in [2.05, 4.69) is 10.6 Å². The van der Waals surface area contributed by atoms with E-state index in [0.29, 0.717) is 57.5 Å². The minimum atomic E-state index is -1.01. The van der Waals surface area contributed by atoms with Crippen molar-refractivity contribution in [3.63, 3.8) is 0 Å². The Morgan fingerprint density at radius 1 is 1.11 bits per heavy atom. The molecule has 0 spiro atoms. The number of hydrogen-bond acceptors (Lipinski definition) is 7. The van der Waals surface area contributed by atoms with E-state index in [9.17, 15) is 19.5 Å². The number of ether oxygens (including phenoxy) is 2. The number of amides is 1. The minimum Gasteiger partial charge on any atom is -0.490 e. The molecule has 3 aromatic carbocycles. The molecular weight excluding hydrogens is 512 g/mol. The van der Waals surface area contributed by atoms with Crippen molar-refractivity contribution in [1.82, 2.24) is 0 Å². The van der Waals surface area contributed by atoms with Crippen molar-refractivity contribution in [1.29, 1.82) is 5.41 Å². The molecule has 0 saturated carbocycles. The molecule has 0 aliphatic heterocycles. The number of hydrogen-bond donors (Lipinski definition) is 5. The van der Waals surface area contributed by atoms with Crippen LogP contribution in [0.5, 0.6) is 11.5 Å². The predicted molar refractivity (Wildman–Crippen MR) is 145 cm³/mol. The fraction of sp³-hybridized carbons (Fsp3) is 0.185. The molecule has 0 heterocycles. The topological polar surface area (TPSA) is 164 Å². The molecule has 3 aromatic rings. The summed E-state index contributed by atoms with van der Waals surface area (Å²) in [5, 5.41) is 23.1. The third kappa shape index (κ3) is 7.47. The summed E-state index contributed by atoms with van der Waals surface area (Å²) < 4.78 is 11.3. The van der Waals surface area contributed by atoms with Crippen LogP contribution < -0.4 is 25.8 Å². The molecular formula is C27H27ClN4O6. The average molecular weight is 539 g/mol. The second-order valence-corrected chi connectivity index (χ2v) is 8.49. The molecule has 0 atom stereocenters. The molecule has 0 radical (unpaired) electrons. The Morgan fingerprint density at radius 3 is 2.47 bits per heavy atom. The first-order valence-electron chi connectivity index (χ1n) is 11.6. The molecule has 3 rings (SSSR count). The van der Waals surface area contributed by atoms with E-state index in [1.165, 1.54) is 6.07 Å². The average Bonchev–Trinajstić information content (AvgIpc) is 2.87. The van der Waals surface area contributed by atoms with Crippen LogP contribution in [-0.2, 0) is 22.6 Å². The lowest BCUT2D eigenvalue weighted by atomic mass is 10.0. The number of anilines is 2. The zero-order valence-corrected chi connectivity index (χ0v) is 21.3. The van der Waals surface area contributed by atoms with Crippen LogP contribution >= 0.6 is 11.6 Å². The van der Waals surface area contributed by atoms with Gasteiger partial charge in [-0.3, -0.25) is 19.8 Å². The van der Waals surface area contributed by atoms with Crippen LogP contribution in [0.3, 0.4) is 0 Å².